The molecule has 7 heteroatoms. The van der Waals surface area contributed by atoms with Crippen molar-refractivity contribution in [3.63, 3.8) is 0 Å². The molecule has 0 aromatic heterocycles. The Hall–Kier alpha value is -3.55. The number of hydrogen-bond donors (Lipinski definition) is 0. The highest BCUT2D eigenvalue weighted by Gasteiger charge is 2.35. The van der Waals surface area contributed by atoms with Gasteiger partial charge in [-0.25, -0.2) is 0 Å². The van der Waals surface area contributed by atoms with Crippen LogP contribution in [0, 0.1) is 0 Å². The molecule has 2 aliphatic rings. The van der Waals surface area contributed by atoms with E-state index in [1.54, 1.807) is 0 Å². The molecular formula is C37H39ClO6. The molecule has 2 heterocycles. The van der Waals surface area contributed by atoms with Gasteiger partial charge in [0.05, 0.1) is 49.8 Å². The van der Waals surface area contributed by atoms with Gasteiger partial charge < -0.3 is 28.4 Å². The lowest BCUT2D eigenvalue weighted by Crippen LogP contribution is -2.36. The lowest BCUT2D eigenvalue weighted by atomic mass is 9.92. The van der Waals surface area contributed by atoms with Gasteiger partial charge in [-0.05, 0) is 53.8 Å². The summed E-state index contributed by atoms with van der Waals surface area (Å²) in [5.74, 6) is 2.10. The molecule has 230 valence electrons. The van der Waals surface area contributed by atoms with Crippen LogP contribution in [0.15, 0.2) is 91.0 Å². The highest BCUT2D eigenvalue weighted by Crippen LogP contribution is 2.48. The first-order valence-electron chi connectivity index (χ1n) is 15.4. The molecule has 44 heavy (non-hydrogen) atoms. The largest absolute Gasteiger partial charge is 0.494 e. The second-order valence-electron chi connectivity index (χ2n) is 11.2. The van der Waals surface area contributed by atoms with E-state index in [1.165, 1.54) is 0 Å². The van der Waals surface area contributed by atoms with Gasteiger partial charge in [0.2, 0.25) is 0 Å². The minimum absolute atomic E-state index is 0.0234. The van der Waals surface area contributed by atoms with Crippen molar-refractivity contribution >= 4 is 11.6 Å². The Kier molecular flexibility index (Phi) is 10.4. The SMILES string of the molecule is CCOc1ccc(Cc2cc(C3CC(OCc4ccccc4)CC(COCc4ccccc4)O3)c3c(c2Cl)OCCO3)cc1. The molecule has 0 spiro atoms. The predicted molar refractivity (Wildman–Crippen MR) is 171 cm³/mol. The van der Waals surface area contributed by atoms with Gasteiger partial charge in [0.15, 0.2) is 11.5 Å². The van der Waals surface area contributed by atoms with E-state index in [4.69, 9.17) is 40.0 Å². The van der Waals surface area contributed by atoms with Crippen LogP contribution >= 0.6 is 11.6 Å². The summed E-state index contributed by atoms with van der Waals surface area (Å²) in [6.07, 6.45) is 1.61. The standard InChI is InChI=1S/C37H39ClO6/c1-2-40-30-15-13-26(14-16-30)19-29-20-33(36-37(35(29)38)42-18-17-41-36)34-22-31(43-24-28-11-7-4-8-12-28)21-32(44-34)25-39-23-27-9-5-3-6-10-27/h3-16,20,31-32,34H,2,17-19,21-25H2,1H3. The molecule has 0 amide bonds. The Labute approximate surface area is 264 Å². The van der Waals surface area contributed by atoms with E-state index in [1.807, 2.05) is 55.5 Å². The first kappa shape index (κ1) is 30.5. The minimum Gasteiger partial charge on any atom is -0.494 e. The van der Waals surface area contributed by atoms with Crippen LogP contribution in [0.5, 0.6) is 17.2 Å². The second kappa shape index (κ2) is 15.0. The number of halogens is 1. The van der Waals surface area contributed by atoms with Crippen molar-refractivity contribution in [2.75, 3.05) is 26.4 Å². The van der Waals surface area contributed by atoms with Crippen LogP contribution in [0.4, 0.5) is 0 Å². The molecule has 1 fully saturated rings. The summed E-state index contributed by atoms with van der Waals surface area (Å²) in [6, 6.07) is 30.7. The van der Waals surface area contributed by atoms with Crippen LogP contribution in [0.2, 0.25) is 5.02 Å². The third-order valence-corrected chi connectivity index (χ3v) is 8.35. The van der Waals surface area contributed by atoms with E-state index in [9.17, 15) is 0 Å². The van der Waals surface area contributed by atoms with Gasteiger partial charge >= 0.3 is 0 Å². The van der Waals surface area contributed by atoms with E-state index in [0.29, 0.717) is 69.0 Å². The van der Waals surface area contributed by atoms with Gasteiger partial charge in [-0.1, -0.05) is 84.4 Å². The molecule has 3 unspecified atom stereocenters. The van der Waals surface area contributed by atoms with Crippen molar-refractivity contribution < 1.29 is 28.4 Å². The van der Waals surface area contributed by atoms with E-state index < -0.39 is 0 Å². The maximum absolute atomic E-state index is 6.95. The van der Waals surface area contributed by atoms with Gasteiger partial charge in [0.1, 0.15) is 19.0 Å². The Morgan fingerprint density at radius 3 is 2.16 bits per heavy atom. The van der Waals surface area contributed by atoms with Crippen LogP contribution in [0.25, 0.3) is 0 Å². The molecule has 0 N–H and O–H groups in total. The zero-order valence-electron chi connectivity index (χ0n) is 25.1. The summed E-state index contributed by atoms with van der Waals surface area (Å²) in [5, 5.41) is 0.577. The average molecular weight is 615 g/mol. The summed E-state index contributed by atoms with van der Waals surface area (Å²) in [4.78, 5) is 0. The quantitative estimate of drug-likeness (QED) is 0.161. The average Bonchev–Trinajstić information content (AvgIpc) is 3.07. The molecule has 6 rings (SSSR count). The van der Waals surface area contributed by atoms with E-state index in [2.05, 4.69) is 42.5 Å². The first-order valence-corrected chi connectivity index (χ1v) is 15.8. The Bertz CT molecular complexity index is 1480. The summed E-state index contributed by atoms with van der Waals surface area (Å²) in [7, 11) is 0. The zero-order valence-corrected chi connectivity index (χ0v) is 25.8. The Morgan fingerprint density at radius 2 is 1.45 bits per heavy atom. The fraction of sp³-hybridized carbons (Fsp3) is 0.351. The monoisotopic (exact) mass is 614 g/mol. The number of hydrogen-bond acceptors (Lipinski definition) is 6. The number of rotatable bonds is 12. The molecule has 4 aromatic carbocycles. The minimum atomic E-state index is -0.276. The summed E-state index contributed by atoms with van der Waals surface area (Å²) in [5.41, 5.74) is 5.30. The maximum atomic E-state index is 6.95. The lowest BCUT2D eigenvalue weighted by molar-refractivity contribution is -0.142. The predicted octanol–water partition coefficient (Wildman–Crippen LogP) is 8.12. The van der Waals surface area contributed by atoms with Crippen molar-refractivity contribution in [1.29, 1.82) is 0 Å². The van der Waals surface area contributed by atoms with Crippen LogP contribution < -0.4 is 14.2 Å². The van der Waals surface area contributed by atoms with Crippen molar-refractivity contribution in [2.45, 2.75) is 57.7 Å². The summed E-state index contributed by atoms with van der Waals surface area (Å²) < 4.78 is 37.3. The third kappa shape index (κ3) is 7.74. The molecule has 2 aliphatic heterocycles. The Balaban J connectivity index is 1.25. The van der Waals surface area contributed by atoms with Gasteiger partial charge in [-0.15, -0.1) is 0 Å². The highest BCUT2D eigenvalue weighted by atomic mass is 35.5. The molecule has 1 saturated heterocycles. The molecule has 0 bridgehead atoms. The number of ether oxygens (including phenoxy) is 6. The molecule has 4 aromatic rings. The molecule has 6 nitrogen and oxygen atoms in total. The van der Waals surface area contributed by atoms with E-state index in [0.717, 1.165) is 40.0 Å². The summed E-state index contributed by atoms with van der Waals surface area (Å²) in [6.45, 7) is 5.05. The van der Waals surface area contributed by atoms with Crippen molar-refractivity contribution in [2.24, 2.45) is 0 Å². The smallest absolute Gasteiger partial charge is 0.180 e. The zero-order chi connectivity index (χ0) is 30.1. The lowest BCUT2D eigenvalue weighted by Gasteiger charge is -2.37. The number of fused-ring (bicyclic) bond motifs is 1. The number of benzene rings is 4. The van der Waals surface area contributed by atoms with Crippen LogP contribution in [0.3, 0.4) is 0 Å². The summed E-state index contributed by atoms with van der Waals surface area (Å²) >= 11 is 6.95. The fourth-order valence-corrected chi connectivity index (χ4v) is 6.06. The maximum Gasteiger partial charge on any atom is 0.180 e. The first-order chi connectivity index (χ1) is 21.7. The molecule has 0 saturated carbocycles. The van der Waals surface area contributed by atoms with Gasteiger partial charge in [0, 0.05) is 18.4 Å². The van der Waals surface area contributed by atoms with Crippen LogP contribution in [-0.4, -0.2) is 38.6 Å². The van der Waals surface area contributed by atoms with Crippen molar-refractivity contribution in [1.82, 2.24) is 0 Å². The van der Waals surface area contributed by atoms with Gasteiger partial charge in [-0.3, -0.25) is 0 Å². The third-order valence-electron chi connectivity index (χ3n) is 7.93. The van der Waals surface area contributed by atoms with Crippen LogP contribution in [0.1, 0.15) is 53.7 Å². The van der Waals surface area contributed by atoms with Crippen LogP contribution in [-0.2, 0) is 33.8 Å². The second-order valence-corrected chi connectivity index (χ2v) is 11.6. The van der Waals surface area contributed by atoms with E-state index in [-0.39, 0.29) is 18.3 Å². The molecule has 0 aliphatic carbocycles. The highest BCUT2D eigenvalue weighted by molar-refractivity contribution is 6.33. The molecular weight excluding hydrogens is 576 g/mol. The molecule has 0 radical (unpaired) electrons. The Morgan fingerprint density at radius 1 is 0.773 bits per heavy atom. The topological polar surface area (TPSA) is 55.4 Å². The normalized spacial score (nSPS) is 19.5. The van der Waals surface area contributed by atoms with Gasteiger partial charge in [-0.2, -0.15) is 0 Å². The fourth-order valence-electron chi connectivity index (χ4n) is 5.80. The molecule has 3 atom stereocenters. The van der Waals surface area contributed by atoms with Crippen molar-refractivity contribution in [3.8, 4) is 17.2 Å². The van der Waals surface area contributed by atoms with Gasteiger partial charge in [0.25, 0.3) is 0 Å². The van der Waals surface area contributed by atoms with Crippen molar-refractivity contribution in [3.05, 3.63) is 124 Å². The van der Waals surface area contributed by atoms with E-state index >= 15 is 0 Å².